The van der Waals surface area contributed by atoms with Crippen LogP contribution in [0.5, 0.6) is 11.5 Å². The molecule has 0 N–H and O–H groups in total. The van der Waals surface area contributed by atoms with Crippen molar-refractivity contribution in [3.8, 4) is 11.5 Å². The van der Waals surface area contributed by atoms with Crippen molar-refractivity contribution in [3.63, 3.8) is 0 Å². The maximum Gasteiger partial charge on any atom is 0.128 e. The number of hydrogen-bond donors (Lipinski definition) is 0. The summed E-state index contributed by atoms with van der Waals surface area (Å²) in [5, 5.41) is 2.52. The molecule has 0 spiro atoms. The molecule has 2 aromatic carbocycles. The Morgan fingerprint density at radius 3 is 1.97 bits per heavy atom. The molecule has 4 rings (SSSR count). The van der Waals surface area contributed by atoms with E-state index in [4.69, 9.17) is 9.47 Å². The van der Waals surface area contributed by atoms with Crippen LogP contribution in [0, 0.1) is 0 Å². The minimum atomic E-state index is 0.354. The molecule has 2 saturated carbocycles. The van der Waals surface area contributed by atoms with Gasteiger partial charge in [0.25, 0.3) is 0 Å². The fourth-order valence-corrected chi connectivity index (χ4v) is 6.34. The maximum atomic E-state index is 6.71. The predicted molar refractivity (Wildman–Crippen MR) is 138 cm³/mol. The van der Waals surface area contributed by atoms with Gasteiger partial charge in [-0.25, -0.2) is 0 Å². The molecule has 2 aromatic rings. The van der Waals surface area contributed by atoms with Crippen LogP contribution in [-0.4, -0.2) is 18.0 Å². The molecular weight excluding hydrogens is 412 g/mol. The first-order valence-corrected chi connectivity index (χ1v) is 14.4. The summed E-state index contributed by atoms with van der Waals surface area (Å²) in [6.45, 7) is 2.28. The smallest absolute Gasteiger partial charge is 0.128 e. The summed E-state index contributed by atoms with van der Waals surface area (Å²) >= 11 is 1.99. The van der Waals surface area contributed by atoms with Gasteiger partial charge >= 0.3 is 0 Å². The summed E-state index contributed by atoms with van der Waals surface area (Å²) in [7, 11) is 0. The second kappa shape index (κ2) is 12.8. The van der Waals surface area contributed by atoms with Gasteiger partial charge in [0.05, 0.1) is 12.2 Å². The van der Waals surface area contributed by atoms with E-state index in [-0.39, 0.29) is 0 Å². The van der Waals surface area contributed by atoms with Crippen molar-refractivity contribution in [3.05, 3.63) is 30.3 Å². The first-order chi connectivity index (χ1) is 15.8. The summed E-state index contributed by atoms with van der Waals surface area (Å²) < 4.78 is 13.4. The molecule has 176 valence electrons. The van der Waals surface area contributed by atoms with Crippen LogP contribution in [0.15, 0.2) is 35.2 Å². The summed E-state index contributed by atoms with van der Waals surface area (Å²) in [5.41, 5.74) is 0. The van der Waals surface area contributed by atoms with Crippen molar-refractivity contribution < 1.29 is 9.47 Å². The Hall–Kier alpha value is -1.35. The normalized spacial score (nSPS) is 18.9. The zero-order chi connectivity index (χ0) is 22.0. The number of fused-ring (bicyclic) bond motifs is 1. The van der Waals surface area contributed by atoms with Crippen LogP contribution < -0.4 is 9.47 Å². The second-order valence-corrected chi connectivity index (χ2v) is 10.9. The third kappa shape index (κ3) is 6.59. The van der Waals surface area contributed by atoms with Crippen LogP contribution in [0.1, 0.15) is 103 Å². The Labute approximate surface area is 199 Å². The highest BCUT2D eigenvalue weighted by Gasteiger charge is 2.20. The molecule has 0 heterocycles. The van der Waals surface area contributed by atoms with Gasteiger partial charge in [0.2, 0.25) is 0 Å². The van der Waals surface area contributed by atoms with Crippen LogP contribution in [0.4, 0.5) is 0 Å². The molecule has 0 amide bonds. The molecule has 3 heteroatoms. The lowest BCUT2D eigenvalue weighted by Crippen LogP contribution is -2.16. The Bertz CT molecular complexity index is 817. The maximum absolute atomic E-state index is 6.71. The molecule has 2 fully saturated rings. The van der Waals surface area contributed by atoms with Crippen LogP contribution in [0.2, 0.25) is 0 Å². The molecule has 0 bridgehead atoms. The third-order valence-corrected chi connectivity index (χ3v) is 8.27. The highest BCUT2D eigenvalue weighted by Crippen LogP contribution is 2.41. The lowest BCUT2D eigenvalue weighted by Gasteiger charge is -2.22. The van der Waals surface area contributed by atoms with E-state index in [1.165, 1.54) is 118 Å². The number of thioether (sulfide) groups is 1. The molecule has 0 radical (unpaired) electrons. The van der Waals surface area contributed by atoms with E-state index < -0.39 is 0 Å². The fraction of sp³-hybridized carbons (Fsp3) is 0.655. The van der Waals surface area contributed by atoms with Gasteiger partial charge in [0.1, 0.15) is 11.5 Å². The van der Waals surface area contributed by atoms with Crippen molar-refractivity contribution in [2.75, 3.05) is 5.75 Å². The van der Waals surface area contributed by atoms with Crippen molar-refractivity contribution >= 4 is 22.5 Å². The predicted octanol–water partition coefficient (Wildman–Crippen LogP) is 9.33. The largest absolute Gasteiger partial charge is 0.490 e. The summed E-state index contributed by atoms with van der Waals surface area (Å²) in [5.74, 6) is 3.29. The van der Waals surface area contributed by atoms with Gasteiger partial charge in [-0.3, -0.25) is 0 Å². The van der Waals surface area contributed by atoms with E-state index in [2.05, 4.69) is 37.3 Å². The average molecular weight is 455 g/mol. The van der Waals surface area contributed by atoms with Crippen molar-refractivity contribution in [1.82, 2.24) is 0 Å². The highest BCUT2D eigenvalue weighted by atomic mass is 32.2. The van der Waals surface area contributed by atoms with Crippen molar-refractivity contribution in [2.24, 2.45) is 0 Å². The quantitative estimate of drug-likeness (QED) is 0.214. The zero-order valence-corrected chi connectivity index (χ0v) is 20.9. The molecule has 2 nitrogen and oxygen atoms in total. The SMILES string of the molecule is CCCCCSc1ccc(OC2CCCCCC2)c2cccc(OC3CCCCCC3)c12. The molecule has 0 aromatic heterocycles. The Kier molecular flexibility index (Phi) is 9.50. The standard InChI is InChI=1S/C29H42O2S/c1-2-3-12-22-32-28-21-20-26(30-23-14-8-4-5-9-15-23)25-18-13-19-27(29(25)28)31-24-16-10-6-7-11-17-24/h13,18-21,23-24H,2-12,14-17,22H2,1H3. The van der Waals surface area contributed by atoms with E-state index in [0.29, 0.717) is 12.2 Å². The fourth-order valence-electron chi connectivity index (χ4n) is 5.25. The van der Waals surface area contributed by atoms with Gasteiger partial charge < -0.3 is 9.47 Å². The molecule has 2 aliphatic rings. The monoisotopic (exact) mass is 454 g/mol. The third-order valence-electron chi connectivity index (χ3n) is 7.12. The molecule has 0 aliphatic heterocycles. The molecule has 32 heavy (non-hydrogen) atoms. The number of benzene rings is 2. The lowest BCUT2D eigenvalue weighted by molar-refractivity contribution is 0.183. The highest BCUT2D eigenvalue weighted by molar-refractivity contribution is 7.99. The first-order valence-electron chi connectivity index (χ1n) is 13.4. The molecule has 0 atom stereocenters. The van der Waals surface area contributed by atoms with Gasteiger partial charge in [0, 0.05) is 15.7 Å². The Morgan fingerprint density at radius 2 is 1.34 bits per heavy atom. The zero-order valence-electron chi connectivity index (χ0n) is 20.1. The van der Waals surface area contributed by atoms with Crippen LogP contribution >= 0.6 is 11.8 Å². The average Bonchev–Trinajstić information content (AvgIpc) is 3.23. The van der Waals surface area contributed by atoms with Crippen LogP contribution in [0.25, 0.3) is 10.8 Å². The minimum Gasteiger partial charge on any atom is -0.490 e. The van der Waals surface area contributed by atoms with E-state index in [1.54, 1.807) is 0 Å². The topological polar surface area (TPSA) is 18.5 Å². The summed E-state index contributed by atoms with van der Waals surface area (Å²) in [4.78, 5) is 1.36. The van der Waals surface area contributed by atoms with Gasteiger partial charge in [-0.15, -0.1) is 11.8 Å². The number of hydrogen-bond acceptors (Lipinski definition) is 3. The van der Waals surface area contributed by atoms with Crippen molar-refractivity contribution in [1.29, 1.82) is 0 Å². The Balaban J connectivity index is 1.62. The van der Waals surface area contributed by atoms with Crippen molar-refractivity contribution in [2.45, 2.75) is 120 Å². The van der Waals surface area contributed by atoms with Gasteiger partial charge in [-0.05, 0) is 81.7 Å². The van der Waals surface area contributed by atoms with Crippen LogP contribution in [0.3, 0.4) is 0 Å². The summed E-state index contributed by atoms with van der Waals surface area (Å²) in [6, 6.07) is 11.1. The number of rotatable bonds is 9. The van der Waals surface area contributed by atoms with E-state index in [0.717, 1.165) is 11.5 Å². The lowest BCUT2D eigenvalue weighted by atomic mass is 10.1. The molecule has 0 saturated heterocycles. The molecule has 2 aliphatic carbocycles. The van der Waals surface area contributed by atoms with Gasteiger partial charge in [-0.1, -0.05) is 57.6 Å². The van der Waals surface area contributed by atoms with E-state index in [9.17, 15) is 0 Å². The molecule has 0 unspecified atom stereocenters. The van der Waals surface area contributed by atoms with E-state index >= 15 is 0 Å². The first kappa shape index (κ1) is 23.8. The summed E-state index contributed by atoms with van der Waals surface area (Å²) in [6.07, 6.45) is 19.9. The number of unbranched alkanes of at least 4 members (excludes halogenated alkanes) is 2. The minimum absolute atomic E-state index is 0.354. The Morgan fingerprint density at radius 1 is 0.719 bits per heavy atom. The van der Waals surface area contributed by atoms with Gasteiger partial charge in [-0.2, -0.15) is 0 Å². The van der Waals surface area contributed by atoms with Crippen LogP contribution in [-0.2, 0) is 0 Å². The van der Waals surface area contributed by atoms with Gasteiger partial charge in [0.15, 0.2) is 0 Å². The molecular formula is C29H42O2S. The number of ether oxygens (including phenoxy) is 2. The second-order valence-electron chi connectivity index (χ2n) is 9.76. The van der Waals surface area contributed by atoms with E-state index in [1.807, 2.05) is 11.8 Å².